The lowest BCUT2D eigenvalue weighted by Gasteiger charge is -2.10. The first kappa shape index (κ1) is 14.3. The van der Waals surface area contributed by atoms with Gasteiger partial charge < -0.3 is 14.6 Å². The molecule has 3 nitrogen and oxygen atoms in total. The van der Waals surface area contributed by atoms with E-state index in [2.05, 4.69) is 0 Å². The van der Waals surface area contributed by atoms with Gasteiger partial charge in [-0.1, -0.05) is 12.1 Å². The third-order valence-electron chi connectivity index (χ3n) is 3.00. The zero-order valence-corrected chi connectivity index (χ0v) is 11.5. The molecule has 0 amide bonds. The van der Waals surface area contributed by atoms with Gasteiger partial charge in [-0.2, -0.15) is 0 Å². The van der Waals surface area contributed by atoms with Gasteiger partial charge in [-0.05, 0) is 36.8 Å². The van der Waals surface area contributed by atoms with Crippen molar-refractivity contribution >= 4 is 0 Å². The van der Waals surface area contributed by atoms with Gasteiger partial charge in [0.2, 0.25) is 0 Å². The molecular weight excluding hydrogens is 259 g/mol. The molecular formula is C16H17FO3. The average Bonchev–Trinajstić information content (AvgIpc) is 2.46. The van der Waals surface area contributed by atoms with Crippen LogP contribution >= 0.6 is 0 Å². The first-order valence-corrected chi connectivity index (χ1v) is 6.33. The molecule has 2 aromatic rings. The highest BCUT2D eigenvalue weighted by Gasteiger charge is 2.06. The van der Waals surface area contributed by atoms with Crippen LogP contribution in [-0.2, 0) is 6.61 Å². The van der Waals surface area contributed by atoms with Crippen LogP contribution in [0.2, 0.25) is 0 Å². The van der Waals surface area contributed by atoms with Gasteiger partial charge in [-0.3, -0.25) is 0 Å². The van der Waals surface area contributed by atoms with E-state index in [9.17, 15) is 9.50 Å². The summed E-state index contributed by atoms with van der Waals surface area (Å²) in [5.74, 6) is 0.706. The molecule has 0 heterocycles. The molecule has 0 bridgehead atoms. The number of benzene rings is 2. The fourth-order valence-electron chi connectivity index (χ4n) is 1.80. The molecule has 0 saturated heterocycles. The predicted octanol–water partition coefficient (Wildman–Crippen LogP) is 3.47. The highest BCUT2D eigenvalue weighted by Crippen LogP contribution is 2.21. The van der Waals surface area contributed by atoms with Crippen LogP contribution in [0.25, 0.3) is 0 Å². The number of halogens is 1. The van der Waals surface area contributed by atoms with E-state index < -0.39 is 6.10 Å². The van der Waals surface area contributed by atoms with E-state index in [1.54, 1.807) is 37.3 Å². The first-order chi connectivity index (χ1) is 9.60. The molecule has 2 aromatic carbocycles. The lowest BCUT2D eigenvalue weighted by atomic mass is 10.1. The van der Waals surface area contributed by atoms with Crippen molar-refractivity contribution in [3.05, 3.63) is 59.4 Å². The van der Waals surface area contributed by atoms with E-state index in [1.165, 1.54) is 13.2 Å². The Labute approximate surface area is 117 Å². The molecule has 0 saturated carbocycles. The maximum atomic E-state index is 13.7. The Hall–Kier alpha value is -2.07. The zero-order valence-electron chi connectivity index (χ0n) is 11.5. The number of aliphatic hydroxyl groups excluding tert-OH is 1. The van der Waals surface area contributed by atoms with Gasteiger partial charge in [-0.15, -0.1) is 0 Å². The fourth-order valence-corrected chi connectivity index (χ4v) is 1.80. The molecule has 0 spiro atoms. The van der Waals surface area contributed by atoms with Crippen LogP contribution in [0.15, 0.2) is 42.5 Å². The number of ether oxygens (including phenoxy) is 2. The van der Waals surface area contributed by atoms with Crippen LogP contribution in [0.3, 0.4) is 0 Å². The van der Waals surface area contributed by atoms with Crippen molar-refractivity contribution in [2.24, 2.45) is 0 Å². The van der Waals surface area contributed by atoms with Gasteiger partial charge in [0.25, 0.3) is 0 Å². The summed E-state index contributed by atoms with van der Waals surface area (Å²) in [4.78, 5) is 0. The molecule has 0 aromatic heterocycles. The topological polar surface area (TPSA) is 38.7 Å². The molecule has 0 radical (unpaired) electrons. The lowest BCUT2D eigenvalue weighted by molar-refractivity contribution is 0.198. The summed E-state index contributed by atoms with van der Waals surface area (Å²) in [6.45, 7) is 1.81. The van der Waals surface area contributed by atoms with Crippen molar-refractivity contribution in [2.75, 3.05) is 7.11 Å². The molecule has 0 fully saturated rings. The van der Waals surface area contributed by atoms with Crippen molar-refractivity contribution in [3.63, 3.8) is 0 Å². The van der Waals surface area contributed by atoms with E-state index >= 15 is 0 Å². The summed E-state index contributed by atoms with van der Waals surface area (Å²) in [6.07, 6.45) is -0.559. The maximum absolute atomic E-state index is 13.7. The van der Waals surface area contributed by atoms with Crippen LogP contribution in [0, 0.1) is 5.82 Å². The van der Waals surface area contributed by atoms with Crippen LogP contribution < -0.4 is 9.47 Å². The van der Waals surface area contributed by atoms with Crippen molar-refractivity contribution in [1.29, 1.82) is 0 Å². The number of methoxy groups -OCH3 is 1. The third kappa shape index (κ3) is 3.48. The molecule has 0 unspecified atom stereocenters. The lowest BCUT2D eigenvalue weighted by Crippen LogP contribution is -2.00. The molecule has 20 heavy (non-hydrogen) atoms. The Morgan fingerprint density at radius 3 is 2.60 bits per heavy atom. The second kappa shape index (κ2) is 6.39. The number of hydrogen-bond acceptors (Lipinski definition) is 3. The SMILES string of the molecule is COc1ccc(COc2cccc([C@H](C)O)c2)c(F)c1. The molecule has 1 N–H and O–H groups in total. The summed E-state index contributed by atoms with van der Waals surface area (Å²) in [5.41, 5.74) is 1.21. The first-order valence-electron chi connectivity index (χ1n) is 6.33. The molecule has 4 heteroatoms. The standard InChI is InChI=1S/C16H17FO3/c1-11(18)12-4-3-5-15(8-12)20-10-13-6-7-14(19-2)9-16(13)17/h3-9,11,18H,10H2,1-2H3/t11-/m0/s1. The Morgan fingerprint density at radius 2 is 1.95 bits per heavy atom. The molecule has 0 aliphatic heterocycles. The summed E-state index contributed by atoms with van der Waals surface area (Å²) in [6, 6.07) is 11.8. The Balaban J connectivity index is 2.07. The number of hydrogen-bond donors (Lipinski definition) is 1. The van der Waals surface area contributed by atoms with Gasteiger partial charge in [0, 0.05) is 11.6 Å². The Kier molecular flexibility index (Phi) is 4.58. The monoisotopic (exact) mass is 276 g/mol. The van der Waals surface area contributed by atoms with Crippen molar-refractivity contribution in [1.82, 2.24) is 0 Å². The average molecular weight is 276 g/mol. The molecule has 106 valence electrons. The summed E-state index contributed by atoms with van der Waals surface area (Å²) in [5, 5.41) is 9.51. The van der Waals surface area contributed by atoms with E-state index in [4.69, 9.17) is 9.47 Å². The molecule has 2 rings (SSSR count). The van der Waals surface area contributed by atoms with Crippen LogP contribution in [0.5, 0.6) is 11.5 Å². The highest BCUT2D eigenvalue weighted by molar-refractivity contribution is 5.31. The second-order valence-electron chi connectivity index (χ2n) is 4.49. The minimum Gasteiger partial charge on any atom is -0.497 e. The molecule has 0 aliphatic carbocycles. The van der Waals surface area contributed by atoms with Gasteiger partial charge in [0.15, 0.2) is 0 Å². The van der Waals surface area contributed by atoms with Crippen molar-refractivity contribution in [3.8, 4) is 11.5 Å². The quantitative estimate of drug-likeness (QED) is 0.908. The largest absolute Gasteiger partial charge is 0.497 e. The molecule has 1 atom stereocenters. The van der Waals surface area contributed by atoms with E-state index in [-0.39, 0.29) is 12.4 Å². The second-order valence-corrected chi connectivity index (χ2v) is 4.49. The van der Waals surface area contributed by atoms with Crippen LogP contribution in [0.1, 0.15) is 24.2 Å². The van der Waals surface area contributed by atoms with Crippen molar-refractivity contribution in [2.45, 2.75) is 19.6 Å². The van der Waals surface area contributed by atoms with Crippen LogP contribution in [-0.4, -0.2) is 12.2 Å². The van der Waals surface area contributed by atoms with Gasteiger partial charge in [-0.25, -0.2) is 4.39 Å². The van der Waals surface area contributed by atoms with Crippen molar-refractivity contribution < 1.29 is 19.0 Å². The van der Waals surface area contributed by atoms with E-state index in [0.29, 0.717) is 17.1 Å². The summed E-state index contributed by atoms with van der Waals surface area (Å²) in [7, 11) is 1.49. The maximum Gasteiger partial charge on any atom is 0.133 e. The Bertz CT molecular complexity index is 582. The summed E-state index contributed by atoms with van der Waals surface area (Å²) < 4.78 is 24.2. The number of aliphatic hydroxyl groups is 1. The molecule has 0 aliphatic rings. The minimum atomic E-state index is -0.559. The minimum absolute atomic E-state index is 0.124. The van der Waals surface area contributed by atoms with E-state index in [1.807, 2.05) is 6.07 Å². The normalized spacial score (nSPS) is 12.0. The fraction of sp³-hybridized carbons (Fsp3) is 0.250. The third-order valence-corrected chi connectivity index (χ3v) is 3.00. The zero-order chi connectivity index (χ0) is 14.5. The van der Waals surface area contributed by atoms with Crippen LogP contribution in [0.4, 0.5) is 4.39 Å². The van der Waals surface area contributed by atoms with Gasteiger partial charge >= 0.3 is 0 Å². The van der Waals surface area contributed by atoms with Gasteiger partial charge in [0.05, 0.1) is 13.2 Å². The smallest absolute Gasteiger partial charge is 0.133 e. The summed E-state index contributed by atoms with van der Waals surface area (Å²) >= 11 is 0. The van der Waals surface area contributed by atoms with E-state index in [0.717, 1.165) is 5.56 Å². The predicted molar refractivity (Wildman–Crippen MR) is 74.4 cm³/mol. The number of rotatable bonds is 5. The highest BCUT2D eigenvalue weighted by atomic mass is 19.1. The van der Waals surface area contributed by atoms with Gasteiger partial charge in [0.1, 0.15) is 23.9 Å². The Morgan fingerprint density at radius 1 is 1.15 bits per heavy atom.